The molecule has 142 valence electrons. The molecule has 0 unspecified atom stereocenters. The number of rotatable bonds is 6. The van der Waals surface area contributed by atoms with E-state index in [1.54, 1.807) is 24.3 Å². The number of amides is 4. The van der Waals surface area contributed by atoms with Crippen LogP contribution in [0, 0.1) is 11.6 Å². The van der Waals surface area contributed by atoms with Crippen LogP contribution in [-0.2, 0) is 4.79 Å². The molecule has 0 aliphatic rings. The molecule has 0 atom stereocenters. The van der Waals surface area contributed by atoms with Gasteiger partial charge in [0.15, 0.2) is 0 Å². The number of urea groups is 1. The molecule has 0 saturated carbocycles. The van der Waals surface area contributed by atoms with Crippen molar-refractivity contribution in [1.29, 1.82) is 0 Å². The first-order valence-electron chi connectivity index (χ1n) is 8.01. The summed E-state index contributed by atoms with van der Waals surface area (Å²) < 4.78 is 26.4. The van der Waals surface area contributed by atoms with Gasteiger partial charge >= 0.3 is 6.03 Å². The van der Waals surface area contributed by atoms with Crippen LogP contribution in [0.3, 0.4) is 0 Å². The van der Waals surface area contributed by atoms with Gasteiger partial charge < -0.3 is 21.3 Å². The molecule has 0 aromatic heterocycles. The number of hydrogen-bond acceptors (Lipinski definition) is 3. The zero-order chi connectivity index (χ0) is 19.8. The van der Waals surface area contributed by atoms with Crippen molar-refractivity contribution in [2.45, 2.75) is 6.42 Å². The van der Waals surface area contributed by atoms with Gasteiger partial charge in [0.25, 0.3) is 5.91 Å². The Labute approximate surface area is 154 Å². The lowest BCUT2D eigenvalue weighted by molar-refractivity contribution is -0.116. The van der Waals surface area contributed by atoms with Gasteiger partial charge in [-0.2, -0.15) is 0 Å². The number of carbonyl (C=O) groups is 3. The second-order valence-electron chi connectivity index (χ2n) is 5.46. The molecule has 2 aromatic rings. The summed E-state index contributed by atoms with van der Waals surface area (Å²) in [5.74, 6) is -2.88. The second-order valence-corrected chi connectivity index (χ2v) is 5.46. The molecular weight excluding hydrogens is 358 g/mol. The highest BCUT2D eigenvalue weighted by Gasteiger charge is 2.12. The van der Waals surface area contributed by atoms with Gasteiger partial charge in [-0.05, 0) is 30.3 Å². The molecule has 0 aliphatic carbocycles. The van der Waals surface area contributed by atoms with Crippen LogP contribution < -0.4 is 21.3 Å². The Bertz CT molecular complexity index is 858. The predicted molar refractivity (Wildman–Crippen MR) is 96.5 cm³/mol. The predicted octanol–water partition coefficient (Wildman–Crippen LogP) is 2.47. The van der Waals surface area contributed by atoms with Gasteiger partial charge in [-0.1, -0.05) is 6.07 Å². The third kappa shape index (κ3) is 6.07. The van der Waals surface area contributed by atoms with Crippen LogP contribution in [-0.4, -0.2) is 31.4 Å². The first-order chi connectivity index (χ1) is 12.9. The smallest absolute Gasteiger partial charge is 0.318 e. The number of hydrogen-bond donors (Lipinski definition) is 4. The molecule has 4 N–H and O–H groups in total. The van der Waals surface area contributed by atoms with E-state index in [0.29, 0.717) is 17.4 Å². The topological polar surface area (TPSA) is 99.3 Å². The average Bonchev–Trinajstić information content (AvgIpc) is 2.61. The van der Waals surface area contributed by atoms with Crippen LogP contribution in [0.25, 0.3) is 0 Å². The fraction of sp³-hybridized carbons (Fsp3) is 0.167. The molecule has 2 aromatic carbocycles. The number of halogens is 2. The molecule has 9 heteroatoms. The van der Waals surface area contributed by atoms with Crippen LogP contribution in [0.15, 0.2) is 42.5 Å². The molecule has 27 heavy (non-hydrogen) atoms. The van der Waals surface area contributed by atoms with Crippen LogP contribution in [0.4, 0.5) is 25.0 Å². The molecule has 0 radical (unpaired) electrons. The van der Waals surface area contributed by atoms with E-state index in [-0.39, 0.29) is 24.4 Å². The van der Waals surface area contributed by atoms with E-state index in [1.165, 1.54) is 7.05 Å². The lowest BCUT2D eigenvalue weighted by Crippen LogP contribution is -2.28. The molecule has 0 spiro atoms. The molecule has 4 amide bonds. The van der Waals surface area contributed by atoms with Crippen LogP contribution in [0.2, 0.25) is 0 Å². The Morgan fingerprint density at radius 2 is 1.67 bits per heavy atom. The summed E-state index contributed by atoms with van der Waals surface area (Å²) in [5.41, 5.74) is 0.654. The quantitative estimate of drug-likeness (QED) is 0.623. The number of carbonyl (C=O) groups excluding carboxylic acids is 3. The van der Waals surface area contributed by atoms with Gasteiger partial charge in [0, 0.05) is 37.5 Å². The van der Waals surface area contributed by atoms with E-state index >= 15 is 0 Å². The summed E-state index contributed by atoms with van der Waals surface area (Å²) in [6.45, 7) is -0.0301. The van der Waals surface area contributed by atoms with Gasteiger partial charge in [0.05, 0.1) is 5.56 Å². The highest BCUT2D eigenvalue weighted by Crippen LogP contribution is 2.15. The van der Waals surface area contributed by atoms with E-state index in [2.05, 4.69) is 21.3 Å². The fourth-order valence-corrected chi connectivity index (χ4v) is 2.15. The van der Waals surface area contributed by atoms with E-state index < -0.39 is 23.6 Å². The SMILES string of the molecule is CNC(=O)Nc1cccc(NC(=O)CCNC(=O)c2ccc(F)cc2F)c1. The Morgan fingerprint density at radius 3 is 2.33 bits per heavy atom. The summed E-state index contributed by atoms with van der Waals surface area (Å²) in [7, 11) is 1.48. The van der Waals surface area contributed by atoms with Crippen molar-refractivity contribution in [3.8, 4) is 0 Å². The van der Waals surface area contributed by atoms with E-state index in [1.807, 2.05) is 0 Å². The van der Waals surface area contributed by atoms with Crippen molar-refractivity contribution < 1.29 is 23.2 Å². The van der Waals surface area contributed by atoms with Gasteiger partial charge in [-0.15, -0.1) is 0 Å². The maximum Gasteiger partial charge on any atom is 0.318 e. The molecule has 7 nitrogen and oxygen atoms in total. The van der Waals surface area contributed by atoms with Crippen molar-refractivity contribution in [3.05, 3.63) is 59.7 Å². The van der Waals surface area contributed by atoms with E-state index in [4.69, 9.17) is 0 Å². The number of nitrogens with one attached hydrogen (secondary N) is 4. The first kappa shape index (κ1) is 19.8. The van der Waals surface area contributed by atoms with Crippen LogP contribution >= 0.6 is 0 Å². The lowest BCUT2D eigenvalue weighted by Gasteiger charge is -2.09. The minimum atomic E-state index is -0.975. The van der Waals surface area contributed by atoms with Crippen molar-refractivity contribution in [3.63, 3.8) is 0 Å². The molecule has 0 fully saturated rings. The highest BCUT2D eigenvalue weighted by molar-refractivity contribution is 5.96. The third-order valence-corrected chi connectivity index (χ3v) is 3.44. The van der Waals surface area contributed by atoms with Crippen molar-refractivity contribution in [2.24, 2.45) is 0 Å². The summed E-state index contributed by atoms with van der Waals surface area (Å²) in [4.78, 5) is 35.1. The minimum absolute atomic E-state index is 0.0301. The fourth-order valence-electron chi connectivity index (χ4n) is 2.15. The maximum atomic E-state index is 13.5. The molecule has 2 rings (SSSR count). The molecule has 0 heterocycles. The minimum Gasteiger partial charge on any atom is -0.351 e. The van der Waals surface area contributed by atoms with Crippen molar-refractivity contribution in [1.82, 2.24) is 10.6 Å². The summed E-state index contributed by atoms with van der Waals surface area (Å²) >= 11 is 0. The van der Waals surface area contributed by atoms with Gasteiger partial charge in [-0.3, -0.25) is 9.59 Å². The maximum absolute atomic E-state index is 13.5. The van der Waals surface area contributed by atoms with Crippen molar-refractivity contribution >= 4 is 29.2 Å². The standard InChI is InChI=1S/C18H18F2N4O3/c1-21-18(27)24-13-4-2-3-12(10-13)23-16(25)7-8-22-17(26)14-6-5-11(19)9-15(14)20/h2-6,9-10H,7-8H2,1H3,(H,22,26)(H,23,25)(H2,21,24,27). The van der Waals surface area contributed by atoms with Gasteiger partial charge in [0.2, 0.25) is 5.91 Å². The van der Waals surface area contributed by atoms with Gasteiger partial charge in [-0.25, -0.2) is 13.6 Å². The number of benzene rings is 2. The summed E-state index contributed by atoms with van der Waals surface area (Å²) in [5, 5.41) is 9.99. The third-order valence-electron chi connectivity index (χ3n) is 3.44. The zero-order valence-corrected chi connectivity index (χ0v) is 14.4. The molecular formula is C18H18F2N4O3. The Hall–Kier alpha value is -3.49. The average molecular weight is 376 g/mol. The molecule has 0 saturated heterocycles. The Balaban J connectivity index is 1.83. The lowest BCUT2D eigenvalue weighted by atomic mass is 10.2. The normalized spacial score (nSPS) is 10.0. The van der Waals surface area contributed by atoms with E-state index in [9.17, 15) is 23.2 Å². The largest absolute Gasteiger partial charge is 0.351 e. The van der Waals surface area contributed by atoms with E-state index in [0.717, 1.165) is 12.1 Å². The summed E-state index contributed by atoms with van der Waals surface area (Å²) in [6, 6.07) is 8.74. The number of anilines is 2. The first-order valence-corrected chi connectivity index (χ1v) is 8.01. The van der Waals surface area contributed by atoms with Crippen LogP contribution in [0.5, 0.6) is 0 Å². The molecule has 0 bridgehead atoms. The molecule has 0 aliphatic heterocycles. The van der Waals surface area contributed by atoms with Crippen LogP contribution in [0.1, 0.15) is 16.8 Å². The Morgan fingerprint density at radius 1 is 0.963 bits per heavy atom. The monoisotopic (exact) mass is 376 g/mol. The highest BCUT2D eigenvalue weighted by atomic mass is 19.1. The van der Waals surface area contributed by atoms with Gasteiger partial charge in [0.1, 0.15) is 11.6 Å². The Kier molecular flexibility index (Phi) is 6.81. The summed E-state index contributed by atoms with van der Waals surface area (Å²) in [6.07, 6.45) is -0.0539. The zero-order valence-electron chi connectivity index (χ0n) is 14.4. The second kappa shape index (κ2) is 9.27. The van der Waals surface area contributed by atoms with Crippen molar-refractivity contribution in [2.75, 3.05) is 24.2 Å².